The Morgan fingerprint density at radius 2 is 2.13 bits per heavy atom. The van der Waals surface area contributed by atoms with Crippen LogP contribution in [-0.4, -0.2) is 65.9 Å². The average molecular weight is 522 g/mol. The van der Waals surface area contributed by atoms with Crippen molar-refractivity contribution in [1.29, 1.82) is 0 Å². The third-order valence-corrected chi connectivity index (χ3v) is 6.05. The van der Waals surface area contributed by atoms with Gasteiger partial charge in [0, 0.05) is 34.6 Å². The van der Waals surface area contributed by atoms with Crippen LogP contribution in [0, 0.1) is 15.9 Å². The lowest BCUT2D eigenvalue weighted by Crippen LogP contribution is -2.34. The summed E-state index contributed by atoms with van der Waals surface area (Å²) < 4.78 is 34.8. The summed E-state index contributed by atoms with van der Waals surface area (Å²) in [6.45, 7) is 1.05. The lowest BCUT2D eigenvalue weighted by Gasteiger charge is -2.22. The molecule has 194 valence electrons. The van der Waals surface area contributed by atoms with E-state index >= 15 is 4.39 Å². The topological polar surface area (TPSA) is 153 Å². The van der Waals surface area contributed by atoms with Gasteiger partial charge in [-0.3, -0.25) is 9.47 Å². The number of ether oxygens (including phenoxy) is 3. The number of nitrogens with zero attached hydrogens (tertiary/aromatic N) is 8. The summed E-state index contributed by atoms with van der Waals surface area (Å²) in [7, 11) is 0. The fourth-order valence-electron chi connectivity index (χ4n) is 4.28. The number of carbonyl (C=O) groups is 1. The molecule has 3 aromatic heterocycles. The van der Waals surface area contributed by atoms with Crippen LogP contribution in [0.5, 0.6) is 11.9 Å². The monoisotopic (exact) mass is 522 g/mol. The molecule has 2 aliphatic heterocycles. The van der Waals surface area contributed by atoms with E-state index in [-0.39, 0.29) is 30.9 Å². The number of cyclic esters (lactones) is 1. The Hall–Kier alpha value is -5.08. The molecule has 1 amide bonds. The zero-order valence-electron chi connectivity index (χ0n) is 19.6. The fourth-order valence-corrected chi connectivity index (χ4v) is 4.28. The quantitative estimate of drug-likeness (QED) is 0.261. The Morgan fingerprint density at radius 1 is 1.24 bits per heavy atom. The number of rotatable bonds is 7. The smallest absolute Gasteiger partial charge is 0.414 e. The number of pyridine rings is 1. The number of imidazole rings is 1. The minimum Gasteiger partial charge on any atom is -0.469 e. The predicted molar refractivity (Wildman–Crippen MR) is 126 cm³/mol. The largest absolute Gasteiger partial charge is 0.469 e. The molecule has 4 aromatic rings. The normalized spacial score (nSPS) is 18.6. The van der Waals surface area contributed by atoms with Crippen LogP contribution in [0.2, 0.25) is 0 Å². The second-order valence-electron chi connectivity index (χ2n) is 8.63. The van der Waals surface area contributed by atoms with E-state index in [0.29, 0.717) is 29.9 Å². The number of amides is 1. The molecule has 0 N–H and O–H groups in total. The first-order valence-electron chi connectivity index (χ1n) is 11.5. The van der Waals surface area contributed by atoms with Crippen molar-refractivity contribution in [3.05, 3.63) is 71.1 Å². The average Bonchev–Trinajstić information content (AvgIpc) is 3.65. The third kappa shape index (κ3) is 4.56. The van der Waals surface area contributed by atoms with Gasteiger partial charge in [0.15, 0.2) is 6.10 Å². The maximum atomic E-state index is 15.1. The van der Waals surface area contributed by atoms with Crippen LogP contribution in [0.3, 0.4) is 0 Å². The molecule has 0 saturated carbocycles. The minimum absolute atomic E-state index is 0.145. The van der Waals surface area contributed by atoms with Gasteiger partial charge in [-0.15, -0.1) is 5.10 Å². The van der Waals surface area contributed by atoms with Crippen LogP contribution in [-0.2, 0) is 17.8 Å². The molecule has 15 heteroatoms. The molecule has 2 atom stereocenters. The van der Waals surface area contributed by atoms with Crippen LogP contribution in [0.1, 0.15) is 0 Å². The number of hydrogen-bond donors (Lipinski definition) is 0. The summed E-state index contributed by atoms with van der Waals surface area (Å²) in [4.78, 5) is 32.1. The van der Waals surface area contributed by atoms with Crippen LogP contribution < -0.4 is 14.4 Å². The standard InChI is InChI=1S/C23H19FN8O6/c24-19-7-15(31-11-16(38-23(31)33)10-30-6-5-26-28-30)2-3-18(19)14-1-4-21(25-8-14)37-17-9-29-12-20(32(34)35)27-22(29)36-13-17/h1-8,12,16-17H,9-11,13H2/t16-,17-/m1/s1. The number of hydrogen-bond acceptors (Lipinski definition) is 10. The van der Waals surface area contributed by atoms with Gasteiger partial charge < -0.3 is 24.3 Å². The summed E-state index contributed by atoms with van der Waals surface area (Å²) in [5.74, 6) is -0.541. The number of halogens is 1. The summed E-state index contributed by atoms with van der Waals surface area (Å²) in [5, 5.41) is 18.5. The Morgan fingerprint density at radius 3 is 2.87 bits per heavy atom. The number of nitro groups is 1. The summed E-state index contributed by atoms with van der Waals surface area (Å²) >= 11 is 0. The molecule has 6 rings (SSSR count). The van der Waals surface area contributed by atoms with Gasteiger partial charge in [-0.2, -0.15) is 0 Å². The second-order valence-corrected chi connectivity index (χ2v) is 8.63. The van der Waals surface area contributed by atoms with Gasteiger partial charge in [0.2, 0.25) is 5.88 Å². The van der Waals surface area contributed by atoms with Gasteiger partial charge in [0.05, 0.1) is 31.5 Å². The van der Waals surface area contributed by atoms with Crippen molar-refractivity contribution >= 4 is 17.6 Å². The SMILES string of the molecule is O=C1O[C@H](Cn2ccnn2)CN1c1ccc(-c2ccc(O[C@H]3COc4nc([N+](=O)[O-])cn4C3)nc2)c(F)c1. The van der Waals surface area contributed by atoms with Crippen LogP contribution in [0.15, 0.2) is 55.1 Å². The lowest BCUT2D eigenvalue weighted by atomic mass is 10.1. The first kappa shape index (κ1) is 23.3. The van der Waals surface area contributed by atoms with Crippen molar-refractivity contribution in [3.8, 4) is 23.0 Å². The highest BCUT2D eigenvalue weighted by Gasteiger charge is 2.33. The second kappa shape index (κ2) is 9.42. The maximum Gasteiger partial charge on any atom is 0.414 e. The molecule has 0 aliphatic carbocycles. The van der Waals surface area contributed by atoms with E-state index in [4.69, 9.17) is 14.2 Å². The van der Waals surface area contributed by atoms with Crippen LogP contribution in [0.4, 0.5) is 20.7 Å². The van der Waals surface area contributed by atoms with Gasteiger partial charge >= 0.3 is 17.9 Å². The molecular weight excluding hydrogens is 503 g/mol. The van der Waals surface area contributed by atoms with E-state index in [9.17, 15) is 14.9 Å². The molecule has 0 radical (unpaired) electrons. The third-order valence-electron chi connectivity index (χ3n) is 6.05. The molecule has 38 heavy (non-hydrogen) atoms. The van der Waals surface area contributed by atoms with Crippen molar-refractivity contribution in [2.24, 2.45) is 0 Å². The zero-order valence-corrected chi connectivity index (χ0v) is 19.6. The number of fused-ring (bicyclic) bond motifs is 1. The Bertz CT molecular complexity index is 1490. The van der Waals surface area contributed by atoms with E-state index in [2.05, 4.69) is 20.3 Å². The molecule has 2 aliphatic rings. The van der Waals surface area contributed by atoms with Crippen molar-refractivity contribution in [3.63, 3.8) is 0 Å². The van der Waals surface area contributed by atoms with Crippen molar-refractivity contribution in [1.82, 2.24) is 29.5 Å². The summed E-state index contributed by atoms with van der Waals surface area (Å²) in [6.07, 6.45) is 4.52. The van der Waals surface area contributed by atoms with Gasteiger partial charge in [-0.25, -0.2) is 18.9 Å². The van der Waals surface area contributed by atoms with Gasteiger partial charge in [-0.05, 0) is 29.2 Å². The molecule has 1 saturated heterocycles. The van der Waals surface area contributed by atoms with E-state index in [1.165, 1.54) is 34.1 Å². The van der Waals surface area contributed by atoms with Crippen molar-refractivity contribution in [2.45, 2.75) is 25.3 Å². The predicted octanol–water partition coefficient (Wildman–Crippen LogP) is 2.45. The molecule has 1 aromatic carbocycles. The van der Waals surface area contributed by atoms with E-state index < -0.39 is 29.0 Å². The summed E-state index contributed by atoms with van der Waals surface area (Å²) in [6, 6.07) is 7.91. The summed E-state index contributed by atoms with van der Waals surface area (Å²) in [5.41, 5.74) is 1.19. The molecule has 5 heterocycles. The Balaban J connectivity index is 1.10. The molecule has 0 bridgehead atoms. The molecular formula is C23H19FN8O6. The molecule has 0 unspecified atom stereocenters. The molecule has 1 fully saturated rings. The first-order chi connectivity index (χ1) is 18.4. The minimum atomic E-state index is -0.592. The van der Waals surface area contributed by atoms with Gasteiger partial charge in [0.25, 0.3) is 0 Å². The highest BCUT2D eigenvalue weighted by Crippen LogP contribution is 2.30. The van der Waals surface area contributed by atoms with E-state index in [1.54, 1.807) is 35.1 Å². The van der Waals surface area contributed by atoms with Gasteiger partial charge in [0.1, 0.15) is 24.7 Å². The first-order valence-corrected chi connectivity index (χ1v) is 11.5. The Kier molecular flexibility index (Phi) is 5.78. The maximum absolute atomic E-state index is 15.1. The highest BCUT2D eigenvalue weighted by atomic mass is 19.1. The zero-order chi connectivity index (χ0) is 26.2. The fraction of sp³-hybridized carbons (Fsp3) is 0.261. The van der Waals surface area contributed by atoms with Crippen molar-refractivity contribution < 1.29 is 28.3 Å². The van der Waals surface area contributed by atoms with Crippen LogP contribution in [0.25, 0.3) is 11.1 Å². The van der Waals surface area contributed by atoms with Gasteiger partial charge in [-0.1, -0.05) is 5.21 Å². The molecule has 14 nitrogen and oxygen atoms in total. The lowest BCUT2D eigenvalue weighted by molar-refractivity contribution is -0.389. The van der Waals surface area contributed by atoms with Crippen LogP contribution >= 0.6 is 0 Å². The number of anilines is 1. The Labute approximate surface area is 213 Å². The number of carbonyl (C=O) groups excluding carboxylic acids is 1. The molecule has 0 spiro atoms. The van der Waals surface area contributed by atoms with Crippen molar-refractivity contribution in [2.75, 3.05) is 18.1 Å². The van der Waals surface area contributed by atoms with E-state index in [1.807, 2.05) is 0 Å². The number of aromatic nitrogens is 6. The van der Waals surface area contributed by atoms with E-state index in [0.717, 1.165) is 0 Å². The number of benzene rings is 1. The highest BCUT2D eigenvalue weighted by molar-refractivity contribution is 5.90.